The topological polar surface area (TPSA) is 75.6 Å². The van der Waals surface area contributed by atoms with Crippen LogP contribution in [0.15, 0.2) is 24.3 Å². The predicted octanol–water partition coefficient (Wildman–Crippen LogP) is 1.81. The number of hydrogen-bond acceptors (Lipinski definition) is 3. The van der Waals surface area contributed by atoms with E-state index in [4.69, 9.17) is 9.84 Å². The predicted molar refractivity (Wildman–Crippen MR) is 75.7 cm³/mol. The average molecular weight is 289 g/mol. The number of para-hydroxylation sites is 1. The summed E-state index contributed by atoms with van der Waals surface area (Å²) in [5.74, 6) is -0.471. The first-order chi connectivity index (χ1) is 10.1. The van der Waals surface area contributed by atoms with E-state index in [1.165, 1.54) is 12.8 Å². The molecule has 5 heteroatoms. The lowest BCUT2D eigenvalue weighted by atomic mass is 10.2. The van der Waals surface area contributed by atoms with Gasteiger partial charge in [0.25, 0.3) is 0 Å². The van der Waals surface area contributed by atoms with Gasteiger partial charge in [0.05, 0.1) is 18.4 Å². The minimum Gasteiger partial charge on any atom is -0.493 e. The summed E-state index contributed by atoms with van der Waals surface area (Å²) in [4.78, 5) is 22.6. The highest BCUT2D eigenvalue weighted by Crippen LogP contribution is 2.38. The Morgan fingerprint density at radius 1 is 1.24 bits per heavy atom. The second-order valence-electron chi connectivity index (χ2n) is 5.87. The molecule has 21 heavy (non-hydrogen) atoms. The van der Waals surface area contributed by atoms with E-state index in [2.05, 4.69) is 5.32 Å². The number of rotatable bonds is 7. The summed E-state index contributed by atoms with van der Waals surface area (Å²) in [6, 6.07) is 7.64. The summed E-state index contributed by atoms with van der Waals surface area (Å²) in [7, 11) is 0. The van der Waals surface area contributed by atoms with Crippen LogP contribution in [0.1, 0.15) is 24.8 Å². The quantitative estimate of drug-likeness (QED) is 0.802. The van der Waals surface area contributed by atoms with E-state index in [1.54, 1.807) is 0 Å². The third-order valence-electron chi connectivity index (χ3n) is 4.04. The van der Waals surface area contributed by atoms with Crippen LogP contribution in [0, 0.1) is 17.8 Å². The number of carboxylic acids is 1. The number of carbonyl (C=O) groups is 2. The fraction of sp³-hybridized carbons (Fsp3) is 0.500. The summed E-state index contributed by atoms with van der Waals surface area (Å²) in [6.45, 7) is 1.11. The molecule has 0 spiro atoms. The summed E-state index contributed by atoms with van der Waals surface area (Å²) in [5.41, 5.74) is 0.930. The summed E-state index contributed by atoms with van der Waals surface area (Å²) in [5, 5.41) is 11.6. The third-order valence-corrected chi connectivity index (χ3v) is 4.04. The zero-order chi connectivity index (χ0) is 14.8. The molecular formula is C16H19NO4. The van der Waals surface area contributed by atoms with Crippen molar-refractivity contribution in [1.29, 1.82) is 0 Å². The van der Waals surface area contributed by atoms with Gasteiger partial charge >= 0.3 is 5.97 Å². The molecule has 3 rings (SSSR count). The number of aliphatic carboxylic acids is 1. The Morgan fingerprint density at radius 3 is 2.67 bits per heavy atom. The summed E-state index contributed by atoms with van der Waals surface area (Å²) in [6.07, 6.45) is 2.91. The van der Waals surface area contributed by atoms with E-state index in [-0.39, 0.29) is 11.8 Å². The van der Waals surface area contributed by atoms with E-state index in [1.807, 2.05) is 24.3 Å². The molecule has 0 radical (unpaired) electrons. The molecule has 0 bridgehead atoms. The fourth-order valence-corrected chi connectivity index (χ4v) is 2.35. The van der Waals surface area contributed by atoms with Crippen LogP contribution in [0.2, 0.25) is 0 Å². The molecule has 2 aliphatic carbocycles. The van der Waals surface area contributed by atoms with Gasteiger partial charge in [-0.05, 0) is 31.2 Å². The smallest absolute Gasteiger partial charge is 0.307 e. The van der Waals surface area contributed by atoms with Gasteiger partial charge in [-0.1, -0.05) is 18.2 Å². The molecule has 0 heterocycles. The number of amides is 1. The van der Waals surface area contributed by atoms with E-state index >= 15 is 0 Å². The van der Waals surface area contributed by atoms with Crippen molar-refractivity contribution in [3.05, 3.63) is 29.8 Å². The van der Waals surface area contributed by atoms with Crippen molar-refractivity contribution in [1.82, 2.24) is 5.32 Å². The minimum atomic E-state index is -0.886. The van der Waals surface area contributed by atoms with Crippen LogP contribution in [0.4, 0.5) is 0 Å². The Kier molecular flexibility index (Phi) is 3.82. The van der Waals surface area contributed by atoms with Crippen molar-refractivity contribution in [2.75, 3.05) is 6.61 Å². The van der Waals surface area contributed by atoms with Crippen LogP contribution in [0.5, 0.6) is 5.75 Å². The van der Waals surface area contributed by atoms with Crippen LogP contribution in [-0.2, 0) is 16.1 Å². The number of carboxylic acid groups (broad SMARTS) is 1. The lowest BCUT2D eigenvalue weighted by Gasteiger charge is -2.12. The molecule has 0 unspecified atom stereocenters. The summed E-state index contributed by atoms with van der Waals surface area (Å²) < 4.78 is 5.78. The van der Waals surface area contributed by atoms with Crippen LogP contribution in [-0.4, -0.2) is 23.6 Å². The highest BCUT2D eigenvalue weighted by atomic mass is 16.5. The minimum absolute atomic E-state index is 0.181. The second kappa shape index (κ2) is 5.76. The van der Waals surface area contributed by atoms with Gasteiger partial charge in [0.15, 0.2) is 0 Å². The Hall–Kier alpha value is -2.04. The molecule has 0 saturated heterocycles. The van der Waals surface area contributed by atoms with Crippen molar-refractivity contribution >= 4 is 11.9 Å². The monoisotopic (exact) mass is 289 g/mol. The van der Waals surface area contributed by atoms with Crippen LogP contribution in [0.25, 0.3) is 0 Å². The molecule has 1 aromatic rings. The molecule has 2 fully saturated rings. The maximum absolute atomic E-state index is 11.9. The van der Waals surface area contributed by atoms with E-state index in [0.29, 0.717) is 18.9 Å². The van der Waals surface area contributed by atoms with Gasteiger partial charge in [0.1, 0.15) is 5.75 Å². The molecule has 2 aliphatic rings. The Morgan fingerprint density at radius 2 is 2.00 bits per heavy atom. The van der Waals surface area contributed by atoms with Crippen molar-refractivity contribution in [3.8, 4) is 5.75 Å². The maximum atomic E-state index is 11.9. The molecule has 2 atom stereocenters. The molecule has 2 N–H and O–H groups in total. The van der Waals surface area contributed by atoms with Gasteiger partial charge in [0.2, 0.25) is 5.91 Å². The third kappa shape index (κ3) is 3.54. The Balaban J connectivity index is 1.52. The van der Waals surface area contributed by atoms with Crippen LogP contribution in [0.3, 0.4) is 0 Å². The van der Waals surface area contributed by atoms with Gasteiger partial charge in [-0.3, -0.25) is 9.59 Å². The van der Waals surface area contributed by atoms with Gasteiger partial charge in [-0.2, -0.15) is 0 Å². The molecule has 1 aromatic carbocycles. The standard InChI is InChI=1S/C16H19NO4/c18-15(12-7-13(12)16(19)20)17-8-11-3-1-2-4-14(11)21-9-10-5-6-10/h1-4,10,12-13H,5-9H2,(H,17,18)(H,19,20)/t12-,13+/m0/s1. The molecule has 2 saturated carbocycles. The molecule has 0 aliphatic heterocycles. The first kappa shape index (κ1) is 13.9. The summed E-state index contributed by atoms with van der Waals surface area (Å²) >= 11 is 0. The van der Waals surface area contributed by atoms with Crippen molar-refractivity contribution in [2.45, 2.75) is 25.8 Å². The number of hydrogen-bond donors (Lipinski definition) is 2. The van der Waals surface area contributed by atoms with Crippen LogP contribution < -0.4 is 10.1 Å². The highest BCUT2D eigenvalue weighted by Gasteiger charge is 2.48. The molecule has 0 aromatic heterocycles. The molecule has 5 nitrogen and oxygen atoms in total. The van der Waals surface area contributed by atoms with Gasteiger partial charge < -0.3 is 15.2 Å². The van der Waals surface area contributed by atoms with E-state index < -0.39 is 11.9 Å². The van der Waals surface area contributed by atoms with Crippen LogP contribution >= 0.6 is 0 Å². The van der Waals surface area contributed by atoms with E-state index in [0.717, 1.165) is 17.9 Å². The first-order valence-electron chi connectivity index (χ1n) is 7.36. The lowest BCUT2D eigenvalue weighted by molar-refractivity contribution is -0.140. The van der Waals surface area contributed by atoms with Gasteiger partial charge in [-0.15, -0.1) is 0 Å². The number of benzene rings is 1. The molecular weight excluding hydrogens is 270 g/mol. The van der Waals surface area contributed by atoms with Crippen molar-refractivity contribution < 1.29 is 19.4 Å². The number of carbonyl (C=O) groups excluding carboxylic acids is 1. The van der Waals surface area contributed by atoms with Crippen molar-refractivity contribution in [3.63, 3.8) is 0 Å². The zero-order valence-corrected chi connectivity index (χ0v) is 11.7. The second-order valence-corrected chi connectivity index (χ2v) is 5.87. The average Bonchev–Trinajstić information content (AvgIpc) is 3.37. The fourth-order valence-electron chi connectivity index (χ4n) is 2.35. The lowest BCUT2D eigenvalue weighted by Crippen LogP contribution is -2.26. The normalized spacial score (nSPS) is 23.4. The Bertz CT molecular complexity index is 553. The highest BCUT2D eigenvalue weighted by molar-refractivity contribution is 5.89. The SMILES string of the molecule is O=C(NCc1ccccc1OCC1CC1)[C@H]1C[C@H]1C(=O)O. The molecule has 112 valence electrons. The van der Waals surface area contributed by atoms with Gasteiger partial charge in [-0.25, -0.2) is 0 Å². The van der Waals surface area contributed by atoms with E-state index in [9.17, 15) is 9.59 Å². The Labute approximate surface area is 123 Å². The zero-order valence-electron chi connectivity index (χ0n) is 11.7. The van der Waals surface area contributed by atoms with Gasteiger partial charge in [0, 0.05) is 12.1 Å². The number of ether oxygens (including phenoxy) is 1. The maximum Gasteiger partial charge on any atom is 0.307 e. The van der Waals surface area contributed by atoms with Crippen molar-refractivity contribution in [2.24, 2.45) is 17.8 Å². The first-order valence-corrected chi connectivity index (χ1v) is 7.36. The number of nitrogens with one attached hydrogen (secondary N) is 1. The molecule has 1 amide bonds. The largest absolute Gasteiger partial charge is 0.493 e.